The van der Waals surface area contributed by atoms with Crippen molar-refractivity contribution in [3.8, 4) is 5.69 Å². The molecule has 31 heavy (non-hydrogen) atoms. The van der Waals surface area contributed by atoms with E-state index in [0.29, 0.717) is 33.8 Å². The number of nitrogens with one attached hydrogen (secondary N) is 1. The molecule has 1 amide bonds. The number of likely N-dealkylation sites (N-methyl/N-ethyl adjacent to an activating group) is 1. The summed E-state index contributed by atoms with van der Waals surface area (Å²) >= 11 is 5.54. The Hall–Kier alpha value is -2.77. The Labute approximate surface area is 187 Å². The average Bonchev–Trinajstić information content (AvgIpc) is 2.75. The molecule has 1 unspecified atom stereocenters. The van der Waals surface area contributed by atoms with E-state index in [4.69, 9.17) is 12.2 Å². The van der Waals surface area contributed by atoms with Crippen molar-refractivity contribution in [2.45, 2.75) is 32.7 Å². The number of likely N-dealkylation sites (tertiary alicyclic amines) is 1. The molecule has 4 rings (SSSR count). The smallest absolute Gasteiger partial charge is 0.266 e. The van der Waals surface area contributed by atoms with Crippen molar-refractivity contribution in [2.75, 3.05) is 27.2 Å². The van der Waals surface area contributed by atoms with Gasteiger partial charge in [-0.1, -0.05) is 12.1 Å². The molecule has 0 aliphatic carbocycles. The van der Waals surface area contributed by atoms with Crippen LogP contribution >= 0.6 is 12.2 Å². The largest absolute Gasteiger partial charge is 0.337 e. The maximum Gasteiger partial charge on any atom is 0.266 e. The van der Waals surface area contributed by atoms with Gasteiger partial charge in [-0.25, -0.2) is 0 Å². The van der Waals surface area contributed by atoms with Gasteiger partial charge in [-0.05, 0) is 88.4 Å². The van der Waals surface area contributed by atoms with Crippen molar-refractivity contribution in [3.05, 3.63) is 68.2 Å². The molecule has 1 aliphatic heterocycles. The Bertz CT molecular complexity index is 1270. The van der Waals surface area contributed by atoms with Crippen molar-refractivity contribution in [3.63, 3.8) is 0 Å². The summed E-state index contributed by atoms with van der Waals surface area (Å²) in [5, 5.41) is 0.510. The number of aromatic amines is 1. The topological polar surface area (TPSA) is 61.3 Å². The first-order valence-electron chi connectivity index (χ1n) is 10.6. The third kappa shape index (κ3) is 3.95. The third-order valence-corrected chi connectivity index (χ3v) is 6.66. The number of carbonyl (C=O) groups is 1. The number of amides is 1. The number of fused-ring (bicyclic) bond motifs is 1. The molecular weight excluding hydrogens is 408 g/mol. The zero-order chi connectivity index (χ0) is 22.3. The lowest BCUT2D eigenvalue weighted by molar-refractivity contribution is 0.0635. The summed E-state index contributed by atoms with van der Waals surface area (Å²) in [6.07, 6.45) is 2.09. The van der Waals surface area contributed by atoms with Crippen LogP contribution in [0.25, 0.3) is 16.6 Å². The monoisotopic (exact) mass is 436 g/mol. The van der Waals surface area contributed by atoms with Crippen LogP contribution in [0.4, 0.5) is 0 Å². The van der Waals surface area contributed by atoms with Crippen LogP contribution in [0, 0.1) is 18.6 Å². The number of piperidine rings is 1. The van der Waals surface area contributed by atoms with Crippen LogP contribution in [0.2, 0.25) is 0 Å². The number of hydrogen-bond acceptors (Lipinski definition) is 4. The molecule has 1 aromatic heterocycles. The summed E-state index contributed by atoms with van der Waals surface area (Å²) in [4.78, 5) is 33.7. The summed E-state index contributed by atoms with van der Waals surface area (Å²) in [5.74, 6) is -0.00789. The number of carbonyl (C=O) groups excluding carboxylic acids is 1. The predicted octanol–water partition coefficient (Wildman–Crippen LogP) is 3.83. The van der Waals surface area contributed by atoms with Crippen LogP contribution in [0.5, 0.6) is 0 Å². The second-order valence-electron chi connectivity index (χ2n) is 8.56. The van der Waals surface area contributed by atoms with Gasteiger partial charge in [-0.3, -0.25) is 14.2 Å². The molecule has 1 saturated heterocycles. The van der Waals surface area contributed by atoms with Crippen LogP contribution in [0.1, 0.15) is 34.3 Å². The van der Waals surface area contributed by atoms with Crippen LogP contribution in [0.3, 0.4) is 0 Å². The number of hydrogen-bond donors (Lipinski definition) is 1. The van der Waals surface area contributed by atoms with Gasteiger partial charge in [0.1, 0.15) is 0 Å². The highest BCUT2D eigenvalue weighted by Gasteiger charge is 2.26. The van der Waals surface area contributed by atoms with Gasteiger partial charge in [0.05, 0.1) is 16.6 Å². The number of H-pyrrole nitrogens is 1. The molecule has 1 atom stereocenters. The zero-order valence-electron chi connectivity index (χ0n) is 18.4. The molecular formula is C24H28N4O2S. The van der Waals surface area contributed by atoms with Crippen molar-refractivity contribution in [1.29, 1.82) is 0 Å². The van der Waals surface area contributed by atoms with Gasteiger partial charge in [0.15, 0.2) is 4.77 Å². The highest BCUT2D eigenvalue weighted by atomic mass is 32.1. The van der Waals surface area contributed by atoms with Crippen LogP contribution in [-0.2, 0) is 0 Å². The minimum atomic E-state index is -0.183. The van der Waals surface area contributed by atoms with E-state index in [9.17, 15) is 9.59 Å². The van der Waals surface area contributed by atoms with Gasteiger partial charge < -0.3 is 14.8 Å². The Morgan fingerprint density at radius 2 is 1.97 bits per heavy atom. The van der Waals surface area contributed by atoms with Crippen LogP contribution < -0.4 is 5.56 Å². The fraction of sp³-hybridized carbons (Fsp3) is 0.375. The van der Waals surface area contributed by atoms with Gasteiger partial charge in [0.2, 0.25) is 0 Å². The Morgan fingerprint density at radius 3 is 2.71 bits per heavy atom. The molecule has 0 bridgehead atoms. The first kappa shape index (κ1) is 21.5. The number of benzene rings is 2. The molecule has 6 nitrogen and oxygen atoms in total. The SMILES string of the molecule is Cc1cccc(-n2c(=S)[nH]c3cc(C(=O)N4CCCC(N(C)C)C4)ccc3c2=O)c1C. The van der Waals surface area contributed by atoms with Crippen molar-refractivity contribution < 1.29 is 4.79 Å². The van der Waals surface area contributed by atoms with E-state index >= 15 is 0 Å². The summed E-state index contributed by atoms with van der Waals surface area (Å²) in [5.41, 5.74) is 3.85. The first-order chi connectivity index (χ1) is 14.8. The lowest BCUT2D eigenvalue weighted by atomic mass is 10.0. The normalized spacial score (nSPS) is 16.8. The van der Waals surface area contributed by atoms with Crippen molar-refractivity contribution in [2.24, 2.45) is 0 Å². The summed E-state index contributed by atoms with van der Waals surface area (Å²) < 4.78 is 1.86. The second-order valence-corrected chi connectivity index (χ2v) is 8.95. The van der Waals surface area contributed by atoms with Gasteiger partial charge in [-0.15, -0.1) is 0 Å². The highest BCUT2D eigenvalue weighted by Crippen LogP contribution is 2.20. The lowest BCUT2D eigenvalue weighted by Crippen LogP contribution is -2.47. The lowest BCUT2D eigenvalue weighted by Gasteiger charge is -2.36. The molecule has 0 spiro atoms. The molecule has 162 valence electrons. The molecule has 1 N–H and O–H groups in total. The zero-order valence-corrected chi connectivity index (χ0v) is 19.3. The second kappa shape index (κ2) is 8.40. The van der Waals surface area contributed by atoms with E-state index < -0.39 is 0 Å². The molecule has 7 heteroatoms. The van der Waals surface area contributed by atoms with Gasteiger partial charge in [-0.2, -0.15) is 0 Å². The molecule has 2 heterocycles. The average molecular weight is 437 g/mol. The first-order valence-corrected chi connectivity index (χ1v) is 11.0. The molecule has 3 aromatic rings. The maximum absolute atomic E-state index is 13.3. The number of rotatable bonds is 3. The summed E-state index contributed by atoms with van der Waals surface area (Å²) in [6.45, 7) is 5.47. The Morgan fingerprint density at radius 1 is 1.19 bits per heavy atom. The molecule has 1 fully saturated rings. The third-order valence-electron chi connectivity index (χ3n) is 6.38. The van der Waals surface area contributed by atoms with Gasteiger partial charge in [0.25, 0.3) is 11.5 Å². The highest BCUT2D eigenvalue weighted by molar-refractivity contribution is 7.71. The quantitative estimate of drug-likeness (QED) is 0.634. The minimum Gasteiger partial charge on any atom is -0.337 e. The summed E-state index contributed by atoms with van der Waals surface area (Å²) in [6, 6.07) is 11.4. The number of aromatic nitrogens is 2. The fourth-order valence-corrected chi connectivity index (χ4v) is 4.58. The van der Waals surface area contributed by atoms with Crippen molar-refractivity contribution >= 4 is 29.0 Å². The van der Waals surface area contributed by atoms with E-state index in [1.807, 2.05) is 36.9 Å². The molecule has 0 radical (unpaired) electrons. The standard InChI is InChI=1S/C24H28N4O2S/c1-15-7-5-9-21(16(15)2)28-23(30)19-11-10-17(13-20(19)25-24(28)31)22(29)27-12-6-8-18(14-27)26(3)4/h5,7,9-11,13,18H,6,8,12,14H2,1-4H3,(H,25,31). The van der Waals surface area contributed by atoms with E-state index in [1.165, 1.54) is 4.57 Å². The fourth-order valence-electron chi connectivity index (χ4n) is 4.29. The Balaban J connectivity index is 1.74. The Kier molecular flexibility index (Phi) is 5.81. The van der Waals surface area contributed by atoms with Crippen LogP contribution in [-0.4, -0.2) is 58.5 Å². The molecule has 1 aliphatic rings. The predicted molar refractivity (Wildman–Crippen MR) is 127 cm³/mol. The molecule has 0 saturated carbocycles. The van der Waals surface area contributed by atoms with Crippen LogP contribution in [0.15, 0.2) is 41.2 Å². The summed E-state index contributed by atoms with van der Waals surface area (Å²) in [7, 11) is 4.10. The van der Waals surface area contributed by atoms with E-state index in [2.05, 4.69) is 24.0 Å². The van der Waals surface area contributed by atoms with Crippen molar-refractivity contribution in [1.82, 2.24) is 19.4 Å². The minimum absolute atomic E-state index is 0.00789. The van der Waals surface area contributed by atoms with Gasteiger partial charge >= 0.3 is 0 Å². The van der Waals surface area contributed by atoms with E-state index in [-0.39, 0.29) is 11.5 Å². The van der Waals surface area contributed by atoms with Gasteiger partial charge in [0, 0.05) is 24.7 Å². The van der Waals surface area contributed by atoms with E-state index in [0.717, 1.165) is 36.2 Å². The number of nitrogens with zero attached hydrogens (tertiary/aromatic N) is 3. The maximum atomic E-state index is 13.3. The number of aryl methyl sites for hydroxylation is 1. The molecule has 2 aromatic carbocycles. The van der Waals surface area contributed by atoms with E-state index in [1.54, 1.807) is 18.2 Å².